The van der Waals surface area contributed by atoms with Gasteiger partial charge in [-0.2, -0.15) is 4.31 Å². The van der Waals surface area contributed by atoms with Gasteiger partial charge in [-0.3, -0.25) is 4.90 Å². The smallest absolute Gasteiger partial charge is 0.243 e. The van der Waals surface area contributed by atoms with E-state index in [9.17, 15) is 8.42 Å². The summed E-state index contributed by atoms with van der Waals surface area (Å²) in [4.78, 5) is 2.44. The van der Waals surface area contributed by atoms with Crippen molar-refractivity contribution in [1.29, 1.82) is 0 Å². The van der Waals surface area contributed by atoms with Gasteiger partial charge in [-0.05, 0) is 30.7 Å². The molecule has 0 amide bonds. The summed E-state index contributed by atoms with van der Waals surface area (Å²) in [6, 6.07) is 12.6. The van der Waals surface area contributed by atoms with Crippen LogP contribution in [-0.2, 0) is 10.0 Å². The van der Waals surface area contributed by atoms with E-state index in [2.05, 4.69) is 4.90 Å². The molecule has 0 bridgehead atoms. The SMILES string of the molecule is COc1ccc(S(=O)(=O)N2CCN(CCOc3ccccc3C)CC2)cc1OC. The summed E-state index contributed by atoms with van der Waals surface area (Å²) in [6.45, 7) is 5.59. The zero-order valence-electron chi connectivity index (χ0n) is 17.1. The second-order valence-corrected chi connectivity index (χ2v) is 8.81. The molecule has 0 unspecified atom stereocenters. The Kier molecular flexibility index (Phi) is 7.00. The molecule has 1 aliphatic heterocycles. The maximum atomic E-state index is 13.0. The summed E-state index contributed by atoms with van der Waals surface area (Å²) in [5.41, 5.74) is 1.11. The summed E-state index contributed by atoms with van der Waals surface area (Å²) in [5, 5.41) is 0. The van der Waals surface area contributed by atoms with Gasteiger partial charge < -0.3 is 14.2 Å². The average molecular weight is 421 g/mol. The van der Waals surface area contributed by atoms with Crippen LogP contribution in [0.15, 0.2) is 47.4 Å². The Morgan fingerprint density at radius 3 is 2.24 bits per heavy atom. The number of hydrogen-bond donors (Lipinski definition) is 0. The first-order valence-corrected chi connectivity index (χ1v) is 11.0. The molecule has 158 valence electrons. The van der Waals surface area contributed by atoms with Crippen molar-refractivity contribution in [2.24, 2.45) is 0 Å². The molecule has 0 aromatic heterocycles. The van der Waals surface area contributed by atoms with Gasteiger partial charge in [0.05, 0.1) is 19.1 Å². The van der Waals surface area contributed by atoms with Crippen molar-refractivity contribution in [3.8, 4) is 17.2 Å². The first-order valence-electron chi connectivity index (χ1n) is 9.58. The van der Waals surface area contributed by atoms with Crippen molar-refractivity contribution in [3.05, 3.63) is 48.0 Å². The van der Waals surface area contributed by atoms with E-state index in [1.165, 1.54) is 24.6 Å². The molecule has 0 N–H and O–H groups in total. The van der Waals surface area contributed by atoms with Crippen molar-refractivity contribution < 1.29 is 22.6 Å². The largest absolute Gasteiger partial charge is 0.493 e. The van der Waals surface area contributed by atoms with E-state index in [-0.39, 0.29) is 4.90 Å². The van der Waals surface area contributed by atoms with Crippen LogP contribution in [0.4, 0.5) is 0 Å². The molecular weight excluding hydrogens is 392 g/mol. The molecule has 3 rings (SSSR count). The van der Waals surface area contributed by atoms with Gasteiger partial charge in [0, 0.05) is 38.8 Å². The number of nitrogens with zero attached hydrogens (tertiary/aromatic N) is 2. The lowest BCUT2D eigenvalue weighted by atomic mass is 10.2. The van der Waals surface area contributed by atoms with Crippen molar-refractivity contribution in [3.63, 3.8) is 0 Å². The maximum absolute atomic E-state index is 13.0. The summed E-state index contributed by atoms with van der Waals surface area (Å²) in [5.74, 6) is 1.80. The number of ether oxygens (including phenoxy) is 3. The Morgan fingerprint density at radius 1 is 0.897 bits per heavy atom. The monoisotopic (exact) mass is 420 g/mol. The fourth-order valence-electron chi connectivity index (χ4n) is 3.32. The van der Waals surface area contributed by atoms with Gasteiger partial charge in [-0.15, -0.1) is 0 Å². The number of piperazine rings is 1. The van der Waals surface area contributed by atoms with E-state index in [0.717, 1.165) is 17.9 Å². The van der Waals surface area contributed by atoms with Crippen molar-refractivity contribution in [2.45, 2.75) is 11.8 Å². The summed E-state index contributed by atoms with van der Waals surface area (Å²) >= 11 is 0. The number of sulfonamides is 1. The molecule has 0 saturated carbocycles. The van der Waals surface area contributed by atoms with Crippen LogP contribution in [0.5, 0.6) is 17.2 Å². The lowest BCUT2D eigenvalue weighted by molar-refractivity contribution is 0.158. The lowest BCUT2D eigenvalue weighted by Crippen LogP contribution is -2.49. The van der Waals surface area contributed by atoms with Gasteiger partial charge in [0.25, 0.3) is 0 Å². The first-order chi connectivity index (χ1) is 14.0. The second kappa shape index (κ2) is 9.47. The number of hydrogen-bond acceptors (Lipinski definition) is 6. The molecule has 7 nitrogen and oxygen atoms in total. The Bertz CT molecular complexity index is 924. The van der Waals surface area contributed by atoms with Gasteiger partial charge in [0.2, 0.25) is 10.0 Å². The highest BCUT2D eigenvalue weighted by atomic mass is 32.2. The van der Waals surface area contributed by atoms with Crippen LogP contribution in [0.1, 0.15) is 5.56 Å². The standard InChI is InChI=1S/C21H28N2O5S/c1-17-6-4-5-7-19(17)28-15-14-22-10-12-23(13-11-22)29(24,25)18-8-9-20(26-2)21(16-18)27-3/h4-9,16H,10-15H2,1-3H3. The molecule has 1 heterocycles. The van der Waals surface area contributed by atoms with Crippen LogP contribution < -0.4 is 14.2 Å². The second-order valence-electron chi connectivity index (χ2n) is 6.88. The number of para-hydroxylation sites is 1. The van der Waals surface area contributed by atoms with E-state index >= 15 is 0 Å². The van der Waals surface area contributed by atoms with Crippen LogP contribution in [0.25, 0.3) is 0 Å². The Morgan fingerprint density at radius 2 is 1.59 bits per heavy atom. The van der Waals surface area contributed by atoms with Crippen LogP contribution in [0, 0.1) is 6.92 Å². The summed E-state index contributed by atoms with van der Waals surface area (Å²) in [7, 11) is -0.558. The molecule has 0 atom stereocenters. The fraction of sp³-hybridized carbons (Fsp3) is 0.429. The normalized spacial score (nSPS) is 15.8. The molecule has 8 heteroatoms. The van der Waals surface area contributed by atoms with Gasteiger partial charge >= 0.3 is 0 Å². The van der Waals surface area contributed by atoms with E-state index in [1.54, 1.807) is 12.1 Å². The number of aryl methyl sites for hydroxylation is 1. The van der Waals surface area contributed by atoms with Crippen LogP contribution in [-0.4, -0.2) is 71.2 Å². The molecule has 0 radical (unpaired) electrons. The van der Waals surface area contributed by atoms with Crippen LogP contribution in [0.3, 0.4) is 0 Å². The molecular formula is C21H28N2O5S. The number of benzene rings is 2. The third-order valence-electron chi connectivity index (χ3n) is 5.08. The first kappa shape index (κ1) is 21.4. The third kappa shape index (κ3) is 5.01. The van der Waals surface area contributed by atoms with Gasteiger partial charge in [0.1, 0.15) is 12.4 Å². The van der Waals surface area contributed by atoms with Crippen molar-refractivity contribution in [1.82, 2.24) is 9.21 Å². The minimum Gasteiger partial charge on any atom is -0.493 e. The highest BCUT2D eigenvalue weighted by Crippen LogP contribution is 2.30. The zero-order valence-corrected chi connectivity index (χ0v) is 17.9. The lowest BCUT2D eigenvalue weighted by Gasteiger charge is -2.33. The topological polar surface area (TPSA) is 68.3 Å². The predicted octanol–water partition coefficient (Wildman–Crippen LogP) is 2.40. The predicted molar refractivity (Wildman–Crippen MR) is 111 cm³/mol. The number of methoxy groups -OCH3 is 2. The molecule has 0 spiro atoms. The van der Waals surface area contributed by atoms with E-state index in [0.29, 0.717) is 44.3 Å². The number of rotatable bonds is 8. The Hall–Kier alpha value is -2.29. The minimum atomic E-state index is -3.57. The van der Waals surface area contributed by atoms with Crippen molar-refractivity contribution >= 4 is 10.0 Å². The molecule has 2 aromatic rings. The molecule has 29 heavy (non-hydrogen) atoms. The molecule has 1 aliphatic rings. The Balaban J connectivity index is 1.55. The van der Waals surface area contributed by atoms with Gasteiger partial charge in [-0.25, -0.2) is 8.42 Å². The van der Waals surface area contributed by atoms with Gasteiger partial charge in [0.15, 0.2) is 11.5 Å². The molecule has 1 saturated heterocycles. The molecule has 1 fully saturated rings. The summed E-state index contributed by atoms with van der Waals surface area (Å²) in [6.07, 6.45) is 0. The van der Waals surface area contributed by atoms with E-state index in [4.69, 9.17) is 14.2 Å². The molecule has 2 aromatic carbocycles. The fourth-order valence-corrected chi connectivity index (χ4v) is 4.76. The van der Waals surface area contributed by atoms with E-state index in [1.807, 2.05) is 31.2 Å². The maximum Gasteiger partial charge on any atom is 0.243 e. The Labute approximate surface area is 172 Å². The highest BCUT2D eigenvalue weighted by molar-refractivity contribution is 7.89. The van der Waals surface area contributed by atoms with E-state index < -0.39 is 10.0 Å². The average Bonchev–Trinajstić information content (AvgIpc) is 2.75. The van der Waals surface area contributed by atoms with Crippen molar-refractivity contribution in [2.75, 3.05) is 53.6 Å². The minimum absolute atomic E-state index is 0.214. The quantitative estimate of drug-likeness (QED) is 0.653. The van der Waals surface area contributed by atoms with Gasteiger partial charge in [-0.1, -0.05) is 18.2 Å². The molecule has 0 aliphatic carbocycles. The highest BCUT2D eigenvalue weighted by Gasteiger charge is 2.29. The summed E-state index contributed by atoms with van der Waals surface area (Å²) < 4.78 is 43.8. The zero-order chi connectivity index (χ0) is 20.9. The van der Waals surface area contributed by atoms with Crippen LogP contribution >= 0.6 is 0 Å². The third-order valence-corrected chi connectivity index (χ3v) is 6.98. The van der Waals surface area contributed by atoms with Crippen LogP contribution in [0.2, 0.25) is 0 Å².